The number of likely N-dealkylation sites (tertiary alicyclic amines) is 1. The first-order chi connectivity index (χ1) is 13.0. The zero-order chi connectivity index (χ0) is 19.4. The smallest absolute Gasteiger partial charge is 0.254 e. The molecule has 1 aliphatic carbocycles. The number of carbonyl (C=O) groups is 3. The first-order valence-electron chi connectivity index (χ1n) is 9.57. The number of nitrogens with one attached hydrogen (secondary N) is 2. The molecule has 27 heavy (non-hydrogen) atoms. The predicted octanol–water partition coefficient (Wildman–Crippen LogP) is 2.37. The van der Waals surface area contributed by atoms with Crippen molar-refractivity contribution in [3.8, 4) is 0 Å². The van der Waals surface area contributed by atoms with E-state index in [1.807, 2.05) is 0 Å². The molecule has 1 saturated carbocycles. The molecule has 2 fully saturated rings. The summed E-state index contributed by atoms with van der Waals surface area (Å²) < 4.78 is 0. The van der Waals surface area contributed by atoms with Crippen LogP contribution in [0.25, 0.3) is 0 Å². The van der Waals surface area contributed by atoms with E-state index in [0.717, 1.165) is 25.7 Å². The Bertz CT molecular complexity index is 724. The minimum atomic E-state index is -0.491. The van der Waals surface area contributed by atoms with Crippen molar-refractivity contribution in [3.63, 3.8) is 0 Å². The van der Waals surface area contributed by atoms with Crippen LogP contribution >= 0.6 is 11.6 Å². The molecule has 1 saturated heterocycles. The van der Waals surface area contributed by atoms with Crippen molar-refractivity contribution < 1.29 is 14.4 Å². The van der Waals surface area contributed by atoms with Gasteiger partial charge in [-0.2, -0.15) is 0 Å². The zero-order valence-electron chi connectivity index (χ0n) is 15.5. The van der Waals surface area contributed by atoms with E-state index >= 15 is 0 Å². The van der Waals surface area contributed by atoms with Crippen molar-refractivity contribution in [3.05, 3.63) is 34.9 Å². The molecule has 146 valence electrons. The van der Waals surface area contributed by atoms with Crippen molar-refractivity contribution in [2.45, 2.75) is 50.6 Å². The molecule has 2 N–H and O–H groups in total. The predicted molar refractivity (Wildman–Crippen MR) is 103 cm³/mol. The standard InChI is InChI=1S/C20H26ClN3O3/c1-22-18(25)9-10-23-19(26)17-12-13-5-2-3-8-16(13)24(17)20(27)14-6-4-7-15(21)11-14/h4,6-7,11,13,16-17H,2-3,5,8-10,12H2,1H3,(H,22,25)(H,23,26)/t13-,16-,17-/m0/s1. The van der Waals surface area contributed by atoms with Crippen molar-refractivity contribution in [2.24, 2.45) is 5.92 Å². The lowest BCUT2D eigenvalue weighted by Crippen LogP contribution is -2.50. The summed E-state index contributed by atoms with van der Waals surface area (Å²) in [5.41, 5.74) is 0.511. The molecule has 0 bridgehead atoms. The quantitative estimate of drug-likeness (QED) is 0.808. The molecule has 1 aliphatic heterocycles. The minimum absolute atomic E-state index is 0.0972. The fourth-order valence-corrected chi connectivity index (χ4v) is 4.49. The third-order valence-electron chi connectivity index (χ3n) is 5.63. The monoisotopic (exact) mass is 391 g/mol. The molecule has 3 amide bonds. The average molecular weight is 392 g/mol. The second-order valence-corrected chi connectivity index (χ2v) is 7.74. The minimum Gasteiger partial charge on any atom is -0.359 e. The van der Waals surface area contributed by atoms with Crippen LogP contribution in [0.4, 0.5) is 0 Å². The number of benzene rings is 1. The topological polar surface area (TPSA) is 78.5 Å². The summed E-state index contributed by atoms with van der Waals surface area (Å²) in [5.74, 6) is -0.0825. The Kier molecular flexibility index (Phi) is 6.37. The lowest BCUT2D eigenvalue weighted by atomic mass is 9.84. The molecule has 0 radical (unpaired) electrons. The van der Waals surface area contributed by atoms with E-state index in [1.165, 1.54) is 0 Å². The van der Waals surface area contributed by atoms with Crippen molar-refractivity contribution in [1.82, 2.24) is 15.5 Å². The summed E-state index contributed by atoms with van der Waals surface area (Å²) in [6.45, 7) is 0.267. The highest BCUT2D eigenvalue weighted by atomic mass is 35.5. The van der Waals surface area contributed by atoms with Crippen molar-refractivity contribution in [1.29, 1.82) is 0 Å². The van der Waals surface area contributed by atoms with Gasteiger partial charge in [-0.1, -0.05) is 30.5 Å². The van der Waals surface area contributed by atoms with Gasteiger partial charge >= 0.3 is 0 Å². The Morgan fingerprint density at radius 3 is 2.74 bits per heavy atom. The Balaban J connectivity index is 1.77. The van der Waals surface area contributed by atoms with Crippen LogP contribution < -0.4 is 10.6 Å². The first kappa shape index (κ1) is 19.7. The highest BCUT2D eigenvalue weighted by molar-refractivity contribution is 6.31. The van der Waals surface area contributed by atoms with Gasteiger partial charge in [0.25, 0.3) is 5.91 Å². The van der Waals surface area contributed by atoms with Gasteiger partial charge in [0.05, 0.1) is 0 Å². The van der Waals surface area contributed by atoms with Crippen LogP contribution in [0.2, 0.25) is 5.02 Å². The van der Waals surface area contributed by atoms with E-state index in [2.05, 4.69) is 10.6 Å². The molecule has 1 heterocycles. The third-order valence-corrected chi connectivity index (χ3v) is 5.86. The van der Waals surface area contributed by atoms with E-state index in [0.29, 0.717) is 22.9 Å². The molecule has 2 aliphatic rings. The number of hydrogen-bond acceptors (Lipinski definition) is 3. The molecule has 7 heteroatoms. The fraction of sp³-hybridized carbons (Fsp3) is 0.550. The summed E-state index contributed by atoms with van der Waals surface area (Å²) in [7, 11) is 1.57. The molecule has 3 atom stereocenters. The van der Waals surface area contributed by atoms with E-state index < -0.39 is 6.04 Å². The number of carbonyl (C=O) groups excluding carboxylic acids is 3. The second kappa shape index (κ2) is 8.74. The molecule has 0 spiro atoms. The number of amides is 3. The first-order valence-corrected chi connectivity index (χ1v) is 9.95. The van der Waals surface area contributed by atoms with Crippen molar-refractivity contribution >= 4 is 29.3 Å². The maximum Gasteiger partial charge on any atom is 0.254 e. The highest BCUT2D eigenvalue weighted by Gasteiger charge is 2.47. The average Bonchev–Trinajstić information content (AvgIpc) is 3.06. The largest absolute Gasteiger partial charge is 0.359 e. The van der Waals surface area contributed by atoms with Gasteiger partial charge in [-0.15, -0.1) is 0 Å². The summed E-state index contributed by atoms with van der Waals surface area (Å²) in [5, 5.41) is 5.87. The van der Waals surface area contributed by atoms with Crippen LogP contribution in [0.15, 0.2) is 24.3 Å². The fourth-order valence-electron chi connectivity index (χ4n) is 4.30. The second-order valence-electron chi connectivity index (χ2n) is 7.30. The maximum absolute atomic E-state index is 13.2. The summed E-state index contributed by atoms with van der Waals surface area (Å²) in [6, 6.07) is 6.48. The number of rotatable bonds is 5. The van der Waals surface area contributed by atoms with Gasteiger partial charge in [-0.25, -0.2) is 0 Å². The molecule has 3 rings (SSSR count). The van der Waals surface area contributed by atoms with Gasteiger partial charge in [0, 0.05) is 36.6 Å². The van der Waals surface area contributed by atoms with Crippen LogP contribution in [0.5, 0.6) is 0 Å². The number of fused-ring (bicyclic) bond motifs is 1. The SMILES string of the molecule is CNC(=O)CCNC(=O)[C@@H]1C[C@@H]2CCCC[C@@H]2N1C(=O)c1cccc(Cl)c1. The Hall–Kier alpha value is -2.08. The van der Waals surface area contributed by atoms with Gasteiger partial charge in [0.2, 0.25) is 11.8 Å². The lowest BCUT2D eigenvalue weighted by Gasteiger charge is -2.33. The molecule has 1 aromatic carbocycles. The van der Waals surface area contributed by atoms with E-state index in [-0.39, 0.29) is 36.7 Å². The maximum atomic E-state index is 13.2. The van der Waals surface area contributed by atoms with Gasteiger partial charge in [0.1, 0.15) is 6.04 Å². The lowest BCUT2D eigenvalue weighted by molar-refractivity contribution is -0.125. The van der Waals surface area contributed by atoms with Crippen LogP contribution in [0.3, 0.4) is 0 Å². The third kappa shape index (κ3) is 4.43. The molecular weight excluding hydrogens is 366 g/mol. The number of nitrogens with zero attached hydrogens (tertiary/aromatic N) is 1. The number of hydrogen-bond donors (Lipinski definition) is 2. The van der Waals surface area contributed by atoms with E-state index in [1.54, 1.807) is 36.2 Å². The van der Waals surface area contributed by atoms with Gasteiger partial charge in [-0.3, -0.25) is 14.4 Å². The molecule has 6 nitrogen and oxygen atoms in total. The van der Waals surface area contributed by atoms with Crippen molar-refractivity contribution in [2.75, 3.05) is 13.6 Å². The Morgan fingerprint density at radius 2 is 2.00 bits per heavy atom. The molecule has 1 aromatic rings. The normalized spacial score (nSPS) is 24.2. The Morgan fingerprint density at radius 1 is 1.22 bits per heavy atom. The zero-order valence-corrected chi connectivity index (χ0v) is 16.3. The summed E-state index contributed by atoms with van der Waals surface area (Å²) in [4.78, 5) is 39.2. The Labute approximate surface area is 164 Å². The highest BCUT2D eigenvalue weighted by Crippen LogP contribution is 2.40. The van der Waals surface area contributed by atoms with Crippen LogP contribution in [-0.2, 0) is 9.59 Å². The number of halogens is 1. The molecule has 0 unspecified atom stereocenters. The van der Waals surface area contributed by atoms with E-state index in [9.17, 15) is 14.4 Å². The van der Waals surface area contributed by atoms with Gasteiger partial charge in [-0.05, 0) is 43.4 Å². The molecule has 0 aromatic heterocycles. The van der Waals surface area contributed by atoms with Crippen LogP contribution in [-0.4, -0.2) is 48.3 Å². The van der Waals surface area contributed by atoms with Gasteiger partial charge < -0.3 is 15.5 Å². The molecular formula is C20H26ClN3O3. The summed E-state index contributed by atoms with van der Waals surface area (Å²) >= 11 is 6.06. The summed E-state index contributed by atoms with van der Waals surface area (Å²) in [6.07, 6.45) is 5.11. The van der Waals surface area contributed by atoms with Crippen LogP contribution in [0.1, 0.15) is 48.9 Å². The van der Waals surface area contributed by atoms with E-state index in [4.69, 9.17) is 11.6 Å². The van der Waals surface area contributed by atoms with Gasteiger partial charge in [0.15, 0.2) is 0 Å². The van der Waals surface area contributed by atoms with Crippen LogP contribution in [0, 0.1) is 5.92 Å².